The smallest absolute Gasteiger partial charge is 0.319 e. The molecule has 1 fully saturated rings. The number of H-pyrrole nitrogens is 1. The van der Waals surface area contributed by atoms with Gasteiger partial charge in [0.1, 0.15) is 29.1 Å². The van der Waals surface area contributed by atoms with E-state index in [4.69, 9.17) is 28.9 Å². The SMILES string of the molecule is CO[C@@H]1CCN(c2cc3nc(n2)O[C@H](C)COCC[C@H](C)Oc2ccc4[nH]nc-3c4c2)C1. The van der Waals surface area contributed by atoms with Gasteiger partial charge in [-0.25, -0.2) is 0 Å². The van der Waals surface area contributed by atoms with Crippen LogP contribution in [0.3, 0.4) is 0 Å². The molecule has 0 unspecified atom stereocenters. The number of nitrogens with one attached hydrogen (secondary N) is 1. The van der Waals surface area contributed by atoms with Crippen molar-refractivity contribution in [1.29, 1.82) is 0 Å². The van der Waals surface area contributed by atoms with Gasteiger partial charge >= 0.3 is 6.01 Å². The van der Waals surface area contributed by atoms with Crippen molar-refractivity contribution >= 4 is 16.7 Å². The van der Waals surface area contributed by atoms with Crippen molar-refractivity contribution in [1.82, 2.24) is 20.2 Å². The van der Waals surface area contributed by atoms with Gasteiger partial charge in [-0.3, -0.25) is 5.10 Å². The van der Waals surface area contributed by atoms with Crippen LogP contribution in [0.25, 0.3) is 22.3 Å². The summed E-state index contributed by atoms with van der Waals surface area (Å²) in [5.41, 5.74) is 2.36. The Kier molecular flexibility index (Phi) is 5.84. The van der Waals surface area contributed by atoms with Crippen LogP contribution in [-0.4, -0.2) is 71.9 Å². The largest absolute Gasteiger partial charge is 0.491 e. The molecular formula is C23H29N5O4. The Hall–Kier alpha value is -2.91. The number of benzene rings is 1. The molecular weight excluding hydrogens is 410 g/mol. The first-order valence-corrected chi connectivity index (χ1v) is 11.2. The minimum atomic E-state index is -0.190. The maximum Gasteiger partial charge on any atom is 0.319 e. The fourth-order valence-corrected chi connectivity index (χ4v) is 4.14. The number of hydrogen-bond donors (Lipinski definition) is 1. The fourth-order valence-electron chi connectivity index (χ4n) is 4.14. The fraction of sp³-hybridized carbons (Fsp3) is 0.522. The summed E-state index contributed by atoms with van der Waals surface area (Å²) in [6, 6.07) is 8.23. The monoisotopic (exact) mass is 439 g/mol. The Morgan fingerprint density at radius 3 is 2.84 bits per heavy atom. The average molecular weight is 440 g/mol. The number of nitrogens with zero attached hydrogens (tertiary/aromatic N) is 4. The number of aromatic amines is 1. The van der Waals surface area contributed by atoms with E-state index in [1.54, 1.807) is 7.11 Å². The lowest BCUT2D eigenvalue weighted by Crippen LogP contribution is -2.25. The van der Waals surface area contributed by atoms with E-state index >= 15 is 0 Å². The maximum absolute atomic E-state index is 6.12. The summed E-state index contributed by atoms with van der Waals surface area (Å²) in [5.74, 6) is 1.60. The highest BCUT2D eigenvalue weighted by Gasteiger charge is 2.25. The van der Waals surface area contributed by atoms with Gasteiger partial charge < -0.3 is 23.8 Å². The summed E-state index contributed by atoms with van der Waals surface area (Å²) >= 11 is 0. The number of rotatable bonds is 2. The van der Waals surface area contributed by atoms with E-state index in [0.29, 0.717) is 24.9 Å². The van der Waals surface area contributed by atoms with Gasteiger partial charge in [0.2, 0.25) is 0 Å². The predicted molar refractivity (Wildman–Crippen MR) is 120 cm³/mol. The zero-order valence-corrected chi connectivity index (χ0v) is 18.7. The van der Waals surface area contributed by atoms with Crippen molar-refractivity contribution in [3.05, 3.63) is 24.3 Å². The molecule has 5 rings (SSSR count). The molecule has 3 atom stereocenters. The van der Waals surface area contributed by atoms with Crippen LogP contribution in [-0.2, 0) is 9.47 Å². The molecule has 2 aromatic heterocycles. The molecule has 0 spiro atoms. The summed E-state index contributed by atoms with van der Waals surface area (Å²) in [4.78, 5) is 11.6. The zero-order valence-electron chi connectivity index (χ0n) is 18.7. The topological polar surface area (TPSA) is 94.6 Å². The lowest BCUT2D eigenvalue weighted by molar-refractivity contribution is 0.0406. The highest BCUT2D eigenvalue weighted by atomic mass is 16.5. The van der Waals surface area contributed by atoms with Gasteiger partial charge in [-0.15, -0.1) is 0 Å². The lowest BCUT2D eigenvalue weighted by Gasteiger charge is -2.20. The first-order valence-electron chi connectivity index (χ1n) is 11.2. The first-order chi connectivity index (χ1) is 15.6. The third-order valence-electron chi connectivity index (χ3n) is 5.94. The van der Waals surface area contributed by atoms with Crippen molar-refractivity contribution in [2.45, 2.75) is 45.0 Å². The van der Waals surface area contributed by atoms with E-state index in [0.717, 1.165) is 54.1 Å². The molecule has 0 saturated carbocycles. The molecule has 170 valence electrons. The van der Waals surface area contributed by atoms with E-state index in [2.05, 4.69) is 15.1 Å². The third kappa shape index (κ3) is 4.35. The van der Waals surface area contributed by atoms with E-state index in [-0.39, 0.29) is 18.3 Å². The molecule has 2 aliphatic rings. The quantitative estimate of drug-likeness (QED) is 0.651. The Labute approximate surface area is 187 Å². The normalized spacial score (nSPS) is 24.1. The Bertz CT molecular complexity index is 1090. The predicted octanol–water partition coefficient (Wildman–Crippen LogP) is 3.20. The van der Waals surface area contributed by atoms with Crippen LogP contribution >= 0.6 is 0 Å². The minimum Gasteiger partial charge on any atom is -0.491 e. The maximum atomic E-state index is 6.12. The van der Waals surface area contributed by atoms with Gasteiger partial charge in [0, 0.05) is 38.1 Å². The summed E-state index contributed by atoms with van der Waals surface area (Å²) in [5, 5.41) is 8.62. The van der Waals surface area contributed by atoms with E-state index in [1.807, 2.05) is 38.1 Å². The molecule has 9 heteroatoms. The van der Waals surface area contributed by atoms with Gasteiger partial charge in [-0.2, -0.15) is 15.1 Å². The number of hydrogen-bond acceptors (Lipinski definition) is 8. The van der Waals surface area contributed by atoms with Crippen molar-refractivity contribution < 1.29 is 18.9 Å². The number of aromatic nitrogens is 4. The molecule has 1 N–H and O–H groups in total. The third-order valence-corrected chi connectivity index (χ3v) is 5.94. The summed E-state index contributed by atoms with van der Waals surface area (Å²) in [6.07, 6.45) is 1.78. The molecule has 0 amide bonds. The van der Waals surface area contributed by atoms with Crippen LogP contribution in [0.1, 0.15) is 26.7 Å². The van der Waals surface area contributed by atoms with Gasteiger partial charge in [-0.1, -0.05) is 0 Å². The minimum absolute atomic E-state index is 0.0282. The molecule has 9 nitrogen and oxygen atoms in total. The van der Waals surface area contributed by atoms with E-state index < -0.39 is 0 Å². The van der Waals surface area contributed by atoms with Crippen molar-refractivity contribution in [2.75, 3.05) is 38.3 Å². The molecule has 32 heavy (non-hydrogen) atoms. The van der Waals surface area contributed by atoms with Gasteiger partial charge in [0.15, 0.2) is 0 Å². The molecule has 1 saturated heterocycles. The standard InChI is InChI=1S/C23H29N5O4/c1-14-7-9-30-13-15(2)32-23-24-20(11-21(25-23)28-8-6-17(12-28)29-3)22-18-10-16(31-14)4-5-19(18)26-27-22/h4-5,10-11,14-15,17H,6-9,12-13H2,1-3H3,(H,26,27)/t14-,15+,17+/m0/s1. The summed E-state index contributed by atoms with van der Waals surface area (Å²) < 4.78 is 23.5. The van der Waals surface area contributed by atoms with Crippen LogP contribution in [0.15, 0.2) is 24.3 Å². The number of fused-ring (bicyclic) bond motifs is 4. The zero-order chi connectivity index (χ0) is 22.1. The highest BCUT2D eigenvalue weighted by Crippen LogP contribution is 2.32. The average Bonchev–Trinajstić information content (AvgIpc) is 3.43. The van der Waals surface area contributed by atoms with Crippen LogP contribution in [0.2, 0.25) is 0 Å². The van der Waals surface area contributed by atoms with Crippen LogP contribution < -0.4 is 14.4 Å². The molecule has 4 heterocycles. The van der Waals surface area contributed by atoms with Gasteiger partial charge in [0.25, 0.3) is 0 Å². The van der Waals surface area contributed by atoms with Crippen LogP contribution in [0, 0.1) is 0 Å². The summed E-state index contributed by atoms with van der Waals surface area (Å²) in [7, 11) is 1.75. The van der Waals surface area contributed by atoms with Crippen LogP contribution in [0.5, 0.6) is 11.8 Å². The Morgan fingerprint density at radius 1 is 1.09 bits per heavy atom. The molecule has 4 bridgehead atoms. The van der Waals surface area contributed by atoms with E-state index in [9.17, 15) is 0 Å². The van der Waals surface area contributed by atoms with Crippen molar-refractivity contribution in [3.63, 3.8) is 0 Å². The lowest BCUT2D eigenvalue weighted by atomic mass is 10.1. The Balaban J connectivity index is 1.59. The van der Waals surface area contributed by atoms with Gasteiger partial charge in [-0.05, 0) is 38.5 Å². The number of methoxy groups -OCH3 is 1. The second kappa shape index (κ2) is 8.91. The number of anilines is 1. The van der Waals surface area contributed by atoms with Crippen molar-refractivity contribution in [3.8, 4) is 23.1 Å². The molecule has 3 aromatic rings. The van der Waals surface area contributed by atoms with Gasteiger partial charge in [0.05, 0.1) is 30.9 Å². The van der Waals surface area contributed by atoms with E-state index in [1.165, 1.54) is 0 Å². The first kappa shape index (κ1) is 21.0. The Morgan fingerprint density at radius 2 is 2.00 bits per heavy atom. The highest BCUT2D eigenvalue weighted by molar-refractivity contribution is 5.93. The molecule has 0 aliphatic carbocycles. The second-order valence-electron chi connectivity index (χ2n) is 8.49. The summed E-state index contributed by atoms with van der Waals surface area (Å²) in [6.45, 7) is 6.69. The van der Waals surface area contributed by atoms with Crippen molar-refractivity contribution in [2.24, 2.45) is 0 Å². The second-order valence-corrected chi connectivity index (χ2v) is 8.49. The molecule has 2 aliphatic heterocycles. The molecule has 1 aromatic carbocycles. The molecule has 0 radical (unpaired) electrons. The number of ether oxygens (including phenoxy) is 4. The van der Waals surface area contributed by atoms with Crippen LogP contribution in [0.4, 0.5) is 5.82 Å².